The fourth-order valence-corrected chi connectivity index (χ4v) is 3.21. The molecular formula is C17H16O5P+. The summed E-state index contributed by atoms with van der Waals surface area (Å²) < 4.78 is 16.0. The topological polar surface area (TPSA) is 80.7 Å². The molecule has 2 atom stereocenters. The van der Waals surface area contributed by atoms with Gasteiger partial charge < -0.3 is 5.11 Å². The van der Waals surface area contributed by atoms with Crippen molar-refractivity contribution in [2.75, 3.05) is 0 Å². The van der Waals surface area contributed by atoms with E-state index in [-0.39, 0.29) is 0 Å². The highest BCUT2D eigenvalue weighted by Gasteiger charge is 2.53. The van der Waals surface area contributed by atoms with Crippen molar-refractivity contribution in [2.24, 2.45) is 0 Å². The van der Waals surface area contributed by atoms with E-state index in [4.69, 9.17) is 4.52 Å². The molecule has 0 aliphatic heterocycles. The van der Waals surface area contributed by atoms with Gasteiger partial charge in [0.2, 0.25) is 6.10 Å². The molecule has 1 N–H and O–H groups in total. The number of carbonyl (C=O) groups is 2. The van der Waals surface area contributed by atoms with Gasteiger partial charge in [0, 0.05) is 0 Å². The van der Waals surface area contributed by atoms with Crippen LogP contribution >= 0.6 is 8.69 Å². The molecule has 0 saturated heterocycles. The Kier molecular flexibility index (Phi) is 5.37. The van der Waals surface area contributed by atoms with Crippen LogP contribution in [0, 0.1) is 0 Å². The first kappa shape index (κ1) is 17.0. The van der Waals surface area contributed by atoms with Gasteiger partial charge in [-0.25, -0.2) is 4.79 Å². The Balaban J connectivity index is 2.83. The standard InChI is InChI=1S/C17H15O5P/c1-12(18)17(13-8-4-2-5-9-13,14-10-6-3-7-11-14)15(16(19)20)22-23-21/h2-11,15,23H,1H3/p+1. The third-order valence-electron chi connectivity index (χ3n) is 3.80. The lowest BCUT2D eigenvalue weighted by Gasteiger charge is -2.34. The number of carboxylic acid groups (broad SMARTS) is 1. The Morgan fingerprint density at radius 2 is 1.43 bits per heavy atom. The molecule has 2 aromatic rings. The number of aliphatic carboxylic acids is 1. The maximum absolute atomic E-state index is 12.6. The molecule has 0 aliphatic rings. The van der Waals surface area contributed by atoms with Crippen LogP contribution in [0.25, 0.3) is 0 Å². The molecule has 23 heavy (non-hydrogen) atoms. The van der Waals surface area contributed by atoms with Gasteiger partial charge in [-0.1, -0.05) is 60.7 Å². The Bertz CT molecular complexity index is 660. The lowest BCUT2D eigenvalue weighted by atomic mass is 9.67. The second-order valence-corrected chi connectivity index (χ2v) is 5.42. The van der Waals surface area contributed by atoms with Crippen molar-refractivity contribution in [2.45, 2.75) is 18.4 Å². The zero-order valence-electron chi connectivity index (χ0n) is 12.4. The van der Waals surface area contributed by atoms with Gasteiger partial charge in [0.1, 0.15) is 11.2 Å². The Morgan fingerprint density at radius 1 is 1.00 bits per heavy atom. The van der Waals surface area contributed by atoms with Crippen molar-refractivity contribution in [3.63, 3.8) is 0 Å². The quantitative estimate of drug-likeness (QED) is 0.789. The van der Waals surface area contributed by atoms with Crippen LogP contribution in [0.3, 0.4) is 0 Å². The molecule has 0 radical (unpaired) electrons. The summed E-state index contributed by atoms with van der Waals surface area (Å²) in [4.78, 5) is 24.4. The maximum atomic E-state index is 12.6. The summed E-state index contributed by atoms with van der Waals surface area (Å²) in [5.41, 5.74) is -0.625. The van der Waals surface area contributed by atoms with E-state index < -0.39 is 32.0 Å². The number of hydrogen-bond acceptors (Lipinski definition) is 4. The largest absolute Gasteiger partial charge is 0.495 e. The van der Waals surface area contributed by atoms with Gasteiger partial charge >= 0.3 is 14.7 Å². The van der Waals surface area contributed by atoms with Gasteiger partial charge in [-0.05, 0) is 22.6 Å². The van der Waals surface area contributed by atoms with E-state index >= 15 is 0 Å². The van der Waals surface area contributed by atoms with E-state index in [2.05, 4.69) is 0 Å². The molecule has 6 heteroatoms. The van der Waals surface area contributed by atoms with E-state index in [1.54, 1.807) is 60.7 Å². The second-order valence-electron chi connectivity index (χ2n) is 5.02. The number of Topliss-reactive ketones (excluding diaryl/α,β-unsaturated/α-hetero) is 1. The maximum Gasteiger partial charge on any atom is 0.495 e. The molecule has 0 fully saturated rings. The first-order valence-corrected chi connectivity index (χ1v) is 7.74. The number of benzene rings is 2. The third kappa shape index (κ3) is 3.07. The highest BCUT2D eigenvalue weighted by molar-refractivity contribution is 7.17. The normalized spacial score (nSPS) is 12.7. The van der Waals surface area contributed by atoms with Gasteiger partial charge in [0.25, 0.3) is 0 Å². The zero-order valence-corrected chi connectivity index (χ0v) is 13.4. The number of hydrogen-bond donors (Lipinski definition) is 1. The predicted octanol–water partition coefficient (Wildman–Crippen LogP) is 2.97. The van der Waals surface area contributed by atoms with Crippen LogP contribution in [0.2, 0.25) is 0 Å². The summed E-state index contributed by atoms with van der Waals surface area (Å²) in [6.45, 7) is 1.31. The summed E-state index contributed by atoms with van der Waals surface area (Å²) in [7, 11) is -1.30. The minimum absolute atomic E-state index is 0.402. The first-order valence-electron chi connectivity index (χ1n) is 6.92. The molecule has 0 aliphatic carbocycles. The molecule has 0 amide bonds. The van der Waals surface area contributed by atoms with E-state index in [0.717, 1.165) is 0 Å². The molecular weight excluding hydrogens is 315 g/mol. The van der Waals surface area contributed by atoms with Crippen molar-refractivity contribution in [1.29, 1.82) is 0 Å². The van der Waals surface area contributed by atoms with Gasteiger partial charge in [0.15, 0.2) is 0 Å². The van der Waals surface area contributed by atoms with Crippen LogP contribution in [0.5, 0.6) is 0 Å². The van der Waals surface area contributed by atoms with E-state index in [0.29, 0.717) is 11.1 Å². The molecule has 118 valence electrons. The van der Waals surface area contributed by atoms with Crippen LogP contribution in [0.4, 0.5) is 0 Å². The second kappa shape index (κ2) is 7.27. The molecule has 0 bridgehead atoms. The van der Waals surface area contributed by atoms with Gasteiger partial charge in [0.05, 0.1) is 0 Å². The highest BCUT2D eigenvalue weighted by Crippen LogP contribution is 2.39. The summed E-state index contributed by atoms with van der Waals surface area (Å²) in [5, 5.41) is 9.60. The average molecular weight is 331 g/mol. The highest BCUT2D eigenvalue weighted by atomic mass is 31.1. The Morgan fingerprint density at radius 3 is 1.74 bits per heavy atom. The van der Waals surface area contributed by atoms with Crippen LogP contribution in [-0.2, 0) is 24.1 Å². The van der Waals surface area contributed by atoms with E-state index in [1.807, 2.05) is 0 Å². The average Bonchev–Trinajstić information content (AvgIpc) is 2.56. The lowest BCUT2D eigenvalue weighted by Crippen LogP contribution is -2.51. The zero-order chi connectivity index (χ0) is 16.9. The summed E-state index contributed by atoms with van der Waals surface area (Å²) in [5.74, 6) is -1.75. The third-order valence-corrected chi connectivity index (χ3v) is 4.13. The first-order chi connectivity index (χ1) is 11.0. The van der Waals surface area contributed by atoms with Crippen LogP contribution < -0.4 is 0 Å². The fourth-order valence-electron chi connectivity index (χ4n) is 2.83. The molecule has 0 spiro atoms. The van der Waals surface area contributed by atoms with Crippen molar-refractivity contribution >= 4 is 20.4 Å². The summed E-state index contributed by atoms with van der Waals surface area (Å²) in [6.07, 6.45) is -1.60. The van der Waals surface area contributed by atoms with Gasteiger partial charge in [-0.15, -0.1) is 4.52 Å². The predicted molar refractivity (Wildman–Crippen MR) is 85.9 cm³/mol. The molecule has 0 aromatic heterocycles. The molecule has 0 saturated carbocycles. The van der Waals surface area contributed by atoms with Gasteiger partial charge in [-0.2, -0.15) is 0 Å². The van der Waals surface area contributed by atoms with Crippen molar-refractivity contribution in [1.82, 2.24) is 0 Å². The van der Waals surface area contributed by atoms with Crippen LogP contribution in [0.15, 0.2) is 60.7 Å². The monoisotopic (exact) mass is 331 g/mol. The molecule has 2 aromatic carbocycles. The Labute approximate surface area is 135 Å². The smallest absolute Gasteiger partial charge is 0.479 e. The molecule has 2 unspecified atom stereocenters. The van der Waals surface area contributed by atoms with Crippen LogP contribution in [-0.4, -0.2) is 23.0 Å². The fraction of sp³-hybridized carbons (Fsp3) is 0.176. The number of ketones is 1. The number of carbonyl (C=O) groups excluding carboxylic acids is 1. The van der Waals surface area contributed by atoms with E-state index in [1.165, 1.54) is 6.92 Å². The van der Waals surface area contributed by atoms with Crippen molar-refractivity contribution in [3.8, 4) is 0 Å². The van der Waals surface area contributed by atoms with Crippen LogP contribution in [0.1, 0.15) is 18.1 Å². The van der Waals surface area contributed by atoms with Crippen molar-refractivity contribution in [3.05, 3.63) is 71.8 Å². The molecule has 5 nitrogen and oxygen atoms in total. The molecule has 2 rings (SSSR count). The minimum Gasteiger partial charge on any atom is -0.479 e. The Hall–Kier alpha value is -2.36. The van der Waals surface area contributed by atoms with Gasteiger partial charge in [-0.3, -0.25) is 4.79 Å². The summed E-state index contributed by atoms with van der Waals surface area (Å²) in [6, 6.07) is 17.1. The SMILES string of the molecule is CC(=O)C(c1ccccc1)(c1ccccc1)C(O[PH+]=O)C(=O)O. The summed E-state index contributed by atoms with van der Waals surface area (Å²) >= 11 is 0. The molecule has 0 heterocycles. The van der Waals surface area contributed by atoms with Crippen molar-refractivity contribution < 1.29 is 23.8 Å². The number of rotatable bonds is 7. The number of carboxylic acids is 1. The minimum atomic E-state index is -1.60. The van der Waals surface area contributed by atoms with E-state index in [9.17, 15) is 19.3 Å². The lowest BCUT2D eigenvalue weighted by molar-refractivity contribution is -0.150.